The number of nitrogens with one attached hydrogen (secondary N) is 4. The van der Waals surface area contributed by atoms with Crippen LogP contribution in [0, 0.1) is 30.6 Å². The molecule has 384 valence electrons. The predicted octanol–water partition coefficient (Wildman–Crippen LogP) is 5.62. The molecular formula is C56H65F2N9O6. The average Bonchev–Trinajstić information content (AvgIpc) is 3.85. The molecule has 5 aromatic rings. The van der Waals surface area contributed by atoms with Gasteiger partial charge in [0, 0.05) is 87.1 Å². The number of nitrogens with zero attached hydrogens (tertiary/aromatic N) is 5. The summed E-state index contributed by atoms with van der Waals surface area (Å²) in [6.45, 7) is 8.20. The van der Waals surface area contributed by atoms with E-state index in [1.54, 1.807) is 29.8 Å². The van der Waals surface area contributed by atoms with Crippen LogP contribution in [0.4, 0.5) is 20.2 Å². The van der Waals surface area contributed by atoms with Gasteiger partial charge in [0.15, 0.2) is 0 Å². The Morgan fingerprint density at radius 3 is 2.33 bits per heavy atom. The number of halogens is 2. The van der Waals surface area contributed by atoms with Gasteiger partial charge < -0.3 is 35.8 Å². The zero-order valence-corrected chi connectivity index (χ0v) is 41.8. The molecule has 1 unspecified atom stereocenters. The summed E-state index contributed by atoms with van der Waals surface area (Å²) in [6.07, 6.45) is 4.72. The highest BCUT2D eigenvalue weighted by molar-refractivity contribution is 6.00. The highest BCUT2D eigenvalue weighted by Crippen LogP contribution is 2.34. The van der Waals surface area contributed by atoms with Crippen LogP contribution in [-0.2, 0) is 21.4 Å². The normalized spacial score (nSPS) is 22.2. The Kier molecular flexibility index (Phi) is 13.9. The Labute approximate surface area is 423 Å². The van der Waals surface area contributed by atoms with E-state index in [0.29, 0.717) is 80.7 Å². The van der Waals surface area contributed by atoms with Crippen molar-refractivity contribution in [2.45, 2.75) is 94.9 Å². The Hall–Kier alpha value is -6.61. The van der Waals surface area contributed by atoms with Crippen LogP contribution in [-0.4, -0.2) is 124 Å². The number of carbonyl (C=O) groups is 4. The number of aromatic nitrogens is 2. The summed E-state index contributed by atoms with van der Waals surface area (Å²) in [5, 5.41) is 24.9. The predicted molar refractivity (Wildman–Crippen MR) is 277 cm³/mol. The number of β-amino-alcohol motifs (C(OH)–C–C–N with tert-alkyl or cyclic N) is 1. The van der Waals surface area contributed by atoms with Crippen LogP contribution in [0.5, 0.6) is 0 Å². The van der Waals surface area contributed by atoms with E-state index >= 15 is 0 Å². The second-order valence-electron chi connectivity index (χ2n) is 21.0. The summed E-state index contributed by atoms with van der Waals surface area (Å²) in [7, 11) is 1.69. The molecule has 73 heavy (non-hydrogen) atoms. The van der Waals surface area contributed by atoms with Gasteiger partial charge in [-0.3, -0.25) is 33.6 Å². The number of alkyl halides is 2. The molecule has 3 atom stereocenters. The van der Waals surface area contributed by atoms with E-state index in [0.717, 1.165) is 59.1 Å². The van der Waals surface area contributed by atoms with E-state index in [-0.39, 0.29) is 67.2 Å². The fourth-order valence-corrected chi connectivity index (χ4v) is 11.7. The molecule has 6 heterocycles. The van der Waals surface area contributed by atoms with E-state index < -0.39 is 29.5 Å². The Morgan fingerprint density at radius 1 is 0.877 bits per heavy atom. The molecule has 15 nitrogen and oxygen atoms in total. The summed E-state index contributed by atoms with van der Waals surface area (Å²) in [6, 6.07) is 20.9. The van der Waals surface area contributed by atoms with Crippen molar-refractivity contribution in [3.63, 3.8) is 0 Å². The fourth-order valence-electron chi connectivity index (χ4n) is 11.7. The minimum atomic E-state index is -2.88. The third kappa shape index (κ3) is 10.3. The molecular weight excluding hydrogens is 933 g/mol. The molecule has 0 saturated carbocycles. The van der Waals surface area contributed by atoms with E-state index in [9.17, 15) is 37.9 Å². The number of fused-ring (bicyclic) bond motifs is 2. The summed E-state index contributed by atoms with van der Waals surface area (Å²) in [5.74, 6) is 3.34. The lowest BCUT2D eigenvalue weighted by Crippen LogP contribution is -2.54. The van der Waals surface area contributed by atoms with Crippen LogP contribution in [0.25, 0.3) is 21.8 Å². The number of anilines is 2. The zero-order chi connectivity index (χ0) is 51.2. The van der Waals surface area contributed by atoms with Crippen molar-refractivity contribution in [3.8, 4) is 11.8 Å². The number of likely N-dealkylation sites (tertiary alicyclic amines) is 2. The number of hydrogen-bond donors (Lipinski definition) is 5. The lowest BCUT2D eigenvalue weighted by atomic mass is 9.87. The van der Waals surface area contributed by atoms with E-state index in [4.69, 9.17) is 0 Å². The highest BCUT2D eigenvalue weighted by Gasteiger charge is 2.44. The van der Waals surface area contributed by atoms with Crippen LogP contribution in [0.1, 0.15) is 97.4 Å². The summed E-state index contributed by atoms with van der Waals surface area (Å²) in [4.78, 5) is 71.6. The van der Waals surface area contributed by atoms with E-state index in [2.05, 4.69) is 49.0 Å². The number of rotatable bonds is 10. The van der Waals surface area contributed by atoms with Crippen LogP contribution in [0.3, 0.4) is 0 Å². The Morgan fingerprint density at radius 2 is 1.62 bits per heavy atom. The summed E-state index contributed by atoms with van der Waals surface area (Å²) < 4.78 is 31.7. The maximum atomic E-state index is 14.3. The first-order valence-electron chi connectivity index (χ1n) is 25.9. The highest BCUT2D eigenvalue weighted by atomic mass is 19.3. The molecule has 5 aliphatic heterocycles. The van der Waals surface area contributed by atoms with Gasteiger partial charge in [0.05, 0.1) is 29.2 Å². The molecule has 17 heteroatoms. The average molecular weight is 998 g/mol. The molecule has 5 aliphatic rings. The monoisotopic (exact) mass is 998 g/mol. The summed E-state index contributed by atoms with van der Waals surface area (Å²) >= 11 is 0. The smallest absolute Gasteiger partial charge is 0.329 e. The minimum absolute atomic E-state index is 0.0950. The van der Waals surface area contributed by atoms with Crippen molar-refractivity contribution in [2.24, 2.45) is 18.9 Å². The topological polar surface area (TPSA) is 173 Å². The number of imide groups is 1. The van der Waals surface area contributed by atoms with Crippen LogP contribution >= 0.6 is 0 Å². The van der Waals surface area contributed by atoms with Gasteiger partial charge in [0.1, 0.15) is 12.1 Å². The third-order valence-electron chi connectivity index (χ3n) is 16.1. The lowest BCUT2D eigenvalue weighted by molar-refractivity contribution is -0.141. The van der Waals surface area contributed by atoms with Crippen LogP contribution in [0.15, 0.2) is 77.6 Å². The molecule has 0 aliphatic carbocycles. The minimum Gasteiger partial charge on any atom is -0.388 e. The maximum Gasteiger partial charge on any atom is 0.329 e. The third-order valence-corrected chi connectivity index (χ3v) is 16.1. The second kappa shape index (κ2) is 20.4. The molecule has 5 fully saturated rings. The van der Waals surface area contributed by atoms with Gasteiger partial charge in [-0.05, 0) is 130 Å². The standard InChI is InChI=1S/C56H65F2N9O6/c1-35-8-12-40(61-49-32-59-33-56(49,57)58)30-45(35)51(69)60-36(2)42-14-11-38(43-6-4-5-7-44(42)43)10-9-37-18-24-64(25-19-37)34-55(73)22-28-66(29-23-55)53(71)39-20-26-65(27-21-39)41-13-15-46-48(31-41)63(3)54(72)67(46)47-16-17-50(68)62-52(47)70/h4-8,11-15,30-31,36-37,39,47,49,59,61,73H,16-29,32-34H2,1-3H3,(H,60,69)(H,62,68,70)/t36-,47?,49+/m1/s1. The molecule has 5 N–H and O–H groups in total. The molecule has 5 saturated heterocycles. The van der Waals surface area contributed by atoms with Crippen molar-refractivity contribution in [1.29, 1.82) is 0 Å². The summed E-state index contributed by atoms with van der Waals surface area (Å²) in [5.41, 5.74) is 4.65. The van der Waals surface area contributed by atoms with Gasteiger partial charge in [-0.25, -0.2) is 13.6 Å². The number of benzene rings is 4. The van der Waals surface area contributed by atoms with Crippen molar-refractivity contribution in [3.05, 3.63) is 106 Å². The number of carbonyl (C=O) groups excluding carboxylic acids is 4. The van der Waals surface area contributed by atoms with Crippen molar-refractivity contribution < 1.29 is 33.1 Å². The molecule has 0 radical (unpaired) electrons. The van der Waals surface area contributed by atoms with Gasteiger partial charge in [-0.15, -0.1) is 0 Å². The lowest BCUT2D eigenvalue weighted by Gasteiger charge is -2.43. The van der Waals surface area contributed by atoms with Crippen LogP contribution in [0.2, 0.25) is 0 Å². The first-order valence-corrected chi connectivity index (χ1v) is 25.9. The van der Waals surface area contributed by atoms with Crippen LogP contribution < -0.4 is 31.9 Å². The van der Waals surface area contributed by atoms with Gasteiger partial charge in [-0.1, -0.05) is 48.2 Å². The van der Waals surface area contributed by atoms with Crippen molar-refractivity contribution >= 4 is 56.8 Å². The Bertz CT molecular complexity index is 3080. The van der Waals surface area contributed by atoms with Crippen molar-refractivity contribution in [1.82, 2.24) is 34.9 Å². The SMILES string of the molecule is Cc1ccc(N[C@H]2CNCC2(F)F)cc1C(=O)N[C@H](C)c1ccc(C#CC2CCN(CC3(O)CCN(C(=O)C4CCN(c5ccc6c(c5)n(C)c(=O)n6C5CCC(=O)NC5=O)CC4)CC3)CC2)c2ccccc12. The quantitative estimate of drug-likeness (QED) is 0.0874. The Balaban J connectivity index is 0.688. The van der Waals surface area contributed by atoms with Gasteiger partial charge >= 0.3 is 5.69 Å². The molecule has 4 aromatic carbocycles. The number of aryl methyl sites for hydroxylation is 2. The van der Waals surface area contributed by atoms with Gasteiger partial charge in [0.25, 0.3) is 11.8 Å². The zero-order valence-electron chi connectivity index (χ0n) is 41.8. The molecule has 1 aromatic heterocycles. The largest absolute Gasteiger partial charge is 0.388 e. The maximum absolute atomic E-state index is 14.3. The first kappa shape index (κ1) is 49.9. The number of imidazole rings is 1. The molecule has 0 bridgehead atoms. The van der Waals surface area contributed by atoms with Gasteiger partial charge in [0.2, 0.25) is 17.7 Å². The van der Waals surface area contributed by atoms with E-state index in [1.165, 1.54) is 4.57 Å². The second-order valence-corrected chi connectivity index (χ2v) is 21.0. The number of hydrogen-bond acceptors (Lipinski definition) is 10. The van der Waals surface area contributed by atoms with E-state index in [1.807, 2.05) is 67.3 Å². The molecule has 4 amide bonds. The number of amides is 4. The molecule has 10 rings (SSSR count). The first-order chi connectivity index (χ1) is 35.0. The fraction of sp³-hybridized carbons (Fsp3) is 0.482. The number of piperidine rings is 4. The van der Waals surface area contributed by atoms with Crippen molar-refractivity contribution in [2.75, 3.05) is 69.1 Å². The van der Waals surface area contributed by atoms with Gasteiger partial charge in [-0.2, -0.15) is 0 Å². The number of aliphatic hydroxyl groups is 1. The molecule has 0 spiro atoms.